The zero-order valence-corrected chi connectivity index (χ0v) is 14.4. The van der Waals surface area contributed by atoms with Crippen molar-refractivity contribution < 1.29 is 0 Å². The lowest BCUT2D eigenvalue weighted by molar-refractivity contribution is 0.630. The Morgan fingerprint density at radius 3 is 2.19 bits per heavy atom. The van der Waals surface area contributed by atoms with Crippen LogP contribution >= 0.6 is 23.2 Å². The predicted molar refractivity (Wildman–Crippen MR) is 92.6 cm³/mol. The van der Waals surface area contributed by atoms with Gasteiger partial charge in [-0.3, -0.25) is 0 Å². The summed E-state index contributed by atoms with van der Waals surface area (Å²) < 4.78 is 0. The third-order valence-electron chi connectivity index (χ3n) is 3.85. The van der Waals surface area contributed by atoms with E-state index in [-0.39, 0.29) is 6.04 Å². The van der Waals surface area contributed by atoms with Gasteiger partial charge in [0.05, 0.1) is 6.04 Å². The highest BCUT2D eigenvalue weighted by Crippen LogP contribution is 2.32. The van der Waals surface area contributed by atoms with Crippen LogP contribution in [-0.4, -0.2) is 6.54 Å². The van der Waals surface area contributed by atoms with Crippen LogP contribution in [0.1, 0.15) is 40.8 Å². The molecule has 0 aliphatic rings. The van der Waals surface area contributed by atoms with Crippen LogP contribution in [0.2, 0.25) is 10.0 Å². The average molecular weight is 322 g/mol. The van der Waals surface area contributed by atoms with E-state index in [1.54, 1.807) is 0 Å². The van der Waals surface area contributed by atoms with Gasteiger partial charge in [-0.15, -0.1) is 0 Å². The lowest BCUT2D eigenvalue weighted by Crippen LogP contribution is -2.22. The average Bonchev–Trinajstić information content (AvgIpc) is 2.44. The molecule has 0 spiro atoms. The van der Waals surface area contributed by atoms with Crippen molar-refractivity contribution in [2.24, 2.45) is 0 Å². The second-order valence-electron chi connectivity index (χ2n) is 5.46. The van der Waals surface area contributed by atoms with Gasteiger partial charge in [-0.1, -0.05) is 48.3 Å². The Hall–Kier alpha value is -1.02. The van der Waals surface area contributed by atoms with Gasteiger partial charge in [0, 0.05) is 10.0 Å². The standard InChI is InChI=1S/C18H21Cl2N/c1-5-21-18(14-6-7-16(19)13(4)8-14)15-9-11(2)12(3)10-17(15)20/h6-10,18,21H,5H2,1-4H3. The first-order valence-corrected chi connectivity index (χ1v) is 7.95. The first-order chi connectivity index (χ1) is 9.93. The minimum Gasteiger partial charge on any atom is -0.306 e. The number of nitrogens with one attached hydrogen (secondary N) is 1. The molecule has 0 saturated heterocycles. The molecule has 0 aliphatic carbocycles. The van der Waals surface area contributed by atoms with Crippen LogP contribution < -0.4 is 5.32 Å². The van der Waals surface area contributed by atoms with Crippen LogP contribution in [0.4, 0.5) is 0 Å². The summed E-state index contributed by atoms with van der Waals surface area (Å²) in [6.07, 6.45) is 0. The van der Waals surface area contributed by atoms with Crippen LogP contribution in [0.15, 0.2) is 30.3 Å². The number of benzene rings is 2. The fourth-order valence-corrected chi connectivity index (χ4v) is 2.93. The number of halogens is 2. The maximum atomic E-state index is 6.49. The minimum atomic E-state index is 0.0813. The normalized spacial score (nSPS) is 12.5. The molecular formula is C18H21Cl2N. The molecule has 2 rings (SSSR count). The van der Waals surface area contributed by atoms with Crippen LogP contribution in [-0.2, 0) is 0 Å². The molecule has 1 nitrogen and oxygen atoms in total. The van der Waals surface area contributed by atoms with E-state index in [2.05, 4.69) is 44.3 Å². The molecule has 1 unspecified atom stereocenters. The number of aryl methyl sites for hydroxylation is 3. The van der Waals surface area contributed by atoms with Crippen molar-refractivity contribution in [2.45, 2.75) is 33.7 Å². The quantitative estimate of drug-likeness (QED) is 0.770. The van der Waals surface area contributed by atoms with Crippen molar-refractivity contribution in [3.63, 3.8) is 0 Å². The molecule has 2 aromatic rings. The molecule has 21 heavy (non-hydrogen) atoms. The van der Waals surface area contributed by atoms with Crippen molar-refractivity contribution in [3.8, 4) is 0 Å². The fraction of sp³-hybridized carbons (Fsp3) is 0.333. The van der Waals surface area contributed by atoms with Crippen molar-refractivity contribution in [3.05, 3.63) is 68.2 Å². The smallest absolute Gasteiger partial charge is 0.0591 e. The molecule has 0 saturated carbocycles. The molecular weight excluding hydrogens is 301 g/mol. The van der Waals surface area contributed by atoms with Gasteiger partial charge >= 0.3 is 0 Å². The summed E-state index contributed by atoms with van der Waals surface area (Å²) in [6.45, 7) is 9.20. The van der Waals surface area contributed by atoms with Gasteiger partial charge < -0.3 is 5.32 Å². The number of rotatable bonds is 4. The van der Waals surface area contributed by atoms with E-state index in [0.717, 1.165) is 27.7 Å². The third kappa shape index (κ3) is 3.60. The predicted octanol–water partition coefficient (Wildman–Crippen LogP) is 5.62. The second kappa shape index (κ2) is 6.83. The van der Waals surface area contributed by atoms with Crippen molar-refractivity contribution in [1.82, 2.24) is 5.32 Å². The van der Waals surface area contributed by atoms with Gasteiger partial charge in [0.25, 0.3) is 0 Å². The summed E-state index contributed by atoms with van der Waals surface area (Å²) in [4.78, 5) is 0. The molecule has 0 amide bonds. The Morgan fingerprint density at radius 1 is 0.905 bits per heavy atom. The maximum Gasteiger partial charge on any atom is 0.0591 e. The highest BCUT2D eigenvalue weighted by Gasteiger charge is 2.17. The van der Waals surface area contributed by atoms with E-state index in [9.17, 15) is 0 Å². The summed E-state index contributed by atoms with van der Waals surface area (Å²) in [6, 6.07) is 10.4. The van der Waals surface area contributed by atoms with Crippen LogP contribution in [0, 0.1) is 20.8 Å². The lowest BCUT2D eigenvalue weighted by Gasteiger charge is -2.22. The van der Waals surface area contributed by atoms with Gasteiger partial charge in [-0.05, 0) is 67.3 Å². The number of hydrogen-bond acceptors (Lipinski definition) is 1. The van der Waals surface area contributed by atoms with Gasteiger partial charge in [-0.25, -0.2) is 0 Å². The van der Waals surface area contributed by atoms with Crippen molar-refractivity contribution in [1.29, 1.82) is 0 Å². The molecule has 1 N–H and O–H groups in total. The van der Waals surface area contributed by atoms with Gasteiger partial charge in [0.2, 0.25) is 0 Å². The Labute approximate surface area is 137 Å². The monoisotopic (exact) mass is 321 g/mol. The Bertz CT molecular complexity index is 650. The van der Waals surface area contributed by atoms with E-state index in [4.69, 9.17) is 23.2 Å². The molecule has 0 fully saturated rings. The van der Waals surface area contributed by atoms with Gasteiger partial charge in [0.1, 0.15) is 0 Å². The van der Waals surface area contributed by atoms with Crippen LogP contribution in [0.3, 0.4) is 0 Å². The van der Waals surface area contributed by atoms with E-state index in [1.807, 2.05) is 19.1 Å². The van der Waals surface area contributed by atoms with Crippen molar-refractivity contribution >= 4 is 23.2 Å². The molecule has 1 atom stereocenters. The molecule has 0 radical (unpaired) electrons. The molecule has 112 valence electrons. The van der Waals surface area contributed by atoms with E-state index in [1.165, 1.54) is 16.7 Å². The molecule has 0 aromatic heterocycles. The zero-order chi connectivity index (χ0) is 15.6. The Balaban J connectivity index is 2.52. The SMILES string of the molecule is CCNC(c1ccc(Cl)c(C)c1)c1cc(C)c(C)cc1Cl. The molecule has 0 aliphatic heterocycles. The molecule has 2 aromatic carbocycles. The Morgan fingerprint density at radius 2 is 1.57 bits per heavy atom. The first kappa shape index (κ1) is 16.4. The number of hydrogen-bond donors (Lipinski definition) is 1. The largest absolute Gasteiger partial charge is 0.306 e. The Kier molecular flexibility index (Phi) is 5.32. The summed E-state index contributed by atoms with van der Waals surface area (Å²) in [5.41, 5.74) is 5.85. The maximum absolute atomic E-state index is 6.49. The lowest BCUT2D eigenvalue weighted by atomic mass is 9.94. The highest BCUT2D eigenvalue weighted by molar-refractivity contribution is 6.31. The summed E-state index contributed by atoms with van der Waals surface area (Å²) in [7, 11) is 0. The first-order valence-electron chi connectivity index (χ1n) is 7.20. The topological polar surface area (TPSA) is 12.0 Å². The second-order valence-corrected chi connectivity index (χ2v) is 6.27. The highest BCUT2D eigenvalue weighted by atomic mass is 35.5. The summed E-state index contributed by atoms with van der Waals surface area (Å²) in [5.74, 6) is 0. The molecule has 0 bridgehead atoms. The van der Waals surface area contributed by atoms with E-state index < -0.39 is 0 Å². The van der Waals surface area contributed by atoms with E-state index >= 15 is 0 Å². The third-order valence-corrected chi connectivity index (χ3v) is 4.60. The molecule has 3 heteroatoms. The van der Waals surface area contributed by atoms with E-state index in [0.29, 0.717) is 0 Å². The molecule has 0 heterocycles. The fourth-order valence-electron chi connectivity index (χ4n) is 2.48. The van der Waals surface area contributed by atoms with Gasteiger partial charge in [-0.2, -0.15) is 0 Å². The van der Waals surface area contributed by atoms with Crippen LogP contribution in [0.25, 0.3) is 0 Å². The summed E-state index contributed by atoms with van der Waals surface area (Å²) in [5, 5.41) is 5.12. The van der Waals surface area contributed by atoms with Crippen molar-refractivity contribution in [2.75, 3.05) is 6.54 Å². The zero-order valence-electron chi connectivity index (χ0n) is 12.9. The van der Waals surface area contributed by atoms with Crippen LogP contribution in [0.5, 0.6) is 0 Å². The minimum absolute atomic E-state index is 0.0813. The van der Waals surface area contributed by atoms with Gasteiger partial charge in [0.15, 0.2) is 0 Å². The summed E-state index contributed by atoms with van der Waals surface area (Å²) >= 11 is 12.6.